The van der Waals surface area contributed by atoms with Crippen LogP contribution in [0.5, 0.6) is 0 Å². The van der Waals surface area contributed by atoms with E-state index in [2.05, 4.69) is 82.4 Å². The van der Waals surface area contributed by atoms with Crippen molar-refractivity contribution in [1.29, 1.82) is 0 Å². The standard InChI is InChI=1S/C42H29FN4S/c1-42(2)32-10-4-6-12-35(32)48-36-19-18-30-29-17-15-26(24-34(29)47(40(30)38(36)42)37-13-7-8-20-44-37)39(43)25-14-16-27-28-9-3-5-11-33(28)46-22-21-45-41(46)31(27)23-25/h3-24,39H,1-2H3. The number of benzene rings is 5. The number of fused-ring (bicyclic) bond motifs is 12. The van der Waals surface area contributed by atoms with E-state index >= 15 is 4.39 Å². The second-order valence-electron chi connectivity index (χ2n) is 13.2. The second-order valence-corrected chi connectivity index (χ2v) is 14.2. The summed E-state index contributed by atoms with van der Waals surface area (Å²) < 4.78 is 21.2. The number of pyridine rings is 2. The first-order chi connectivity index (χ1) is 23.5. The van der Waals surface area contributed by atoms with Crippen molar-refractivity contribution in [2.45, 2.75) is 35.2 Å². The highest BCUT2D eigenvalue weighted by Gasteiger charge is 2.36. The number of para-hydroxylation sites is 1. The smallest absolute Gasteiger partial charge is 0.150 e. The van der Waals surface area contributed by atoms with Crippen LogP contribution in [0.4, 0.5) is 4.39 Å². The summed E-state index contributed by atoms with van der Waals surface area (Å²) in [7, 11) is 0. The predicted octanol–water partition coefficient (Wildman–Crippen LogP) is 11.0. The van der Waals surface area contributed by atoms with Gasteiger partial charge >= 0.3 is 0 Å². The van der Waals surface area contributed by atoms with Gasteiger partial charge in [0.2, 0.25) is 0 Å². The van der Waals surface area contributed by atoms with Crippen molar-refractivity contribution in [3.63, 3.8) is 0 Å². The lowest BCUT2D eigenvalue weighted by Crippen LogP contribution is -2.24. The Labute approximate surface area is 280 Å². The molecule has 0 N–H and O–H groups in total. The normalized spacial score (nSPS) is 14.6. The Morgan fingerprint density at radius 1 is 0.646 bits per heavy atom. The molecule has 5 heterocycles. The van der Waals surface area contributed by atoms with Crippen LogP contribution < -0.4 is 0 Å². The Morgan fingerprint density at radius 2 is 1.40 bits per heavy atom. The van der Waals surface area contributed by atoms with E-state index in [1.807, 2.05) is 91.0 Å². The lowest BCUT2D eigenvalue weighted by molar-refractivity contribution is 0.402. The summed E-state index contributed by atoms with van der Waals surface area (Å²) in [5, 5.41) is 5.35. The van der Waals surface area contributed by atoms with Crippen molar-refractivity contribution < 1.29 is 4.39 Å². The molecular weight excluding hydrogens is 612 g/mol. The van der Waals surface area contributed by atoms with Gasteiger partial charge < -0.3 is 0 Å². The quantitative estimate of drug-likeness (QED) is 0.180. The van der Waals surface area contributed by atoms with Crippen LogP contribution in [0.15, 0.2) is 144 Å². The minimum atomic E-state index is -1.33. The Hall–Kier alpha value is -5.46. The number of halogens is 1. The molecule has 4 nitrogen and oxygen atoms in total. The van der Waals surface area contributed by atoms with Crippen LogP contribution in [-0.4, -0.2) is 18.9 Å². The predicted molar refractivity (Wildman–Crippen MR) is 194 cm³/mol. The first kappa shape index (κ1) is 27.6. The summed E-state index contributed by atoms with van der Waals surface area (Å²) in [6.07, 6.45) is 4.28. The van der Waals surface area contributed by atoms with E-state index in [0.29, 0.717) is 11.1 Å². The molecule has 5 aromatic carbocycles. The lowest BCUT2D eigenvalue weighted by atomic mass is 9.76. The van der Waals surface area contributed by atoms with Crippen LogP contribution in [-0.2, 0) is 5.41 Å². The molecule has 0 saturated heterocycles. The third kappa shape index (κ3) is 3.78. The van der Waals surface area contributed by atoms with Gasteiger partial charge in [-0.1, -0.05) is 98.4 Å². The Bertz CT molecular complexity index is 2760. The van der Waals surface area contributed by atoms with Gasteiger partial charge in [0.05, 0.1) is 16.6 Å². The van der Waals surface area contributed by atoms with Crippen LogP contribution in [0.25, 0.3) is 54.9 Å². The lowest BCUT2D eigenvalue weighted by Gasteiger charge is -2.35. The SMILES string of the molecule is CC1(C)c2ccccc2Sc2ccc3c4ccc(C(F)c5ccc6c7ccccc7n7ccnc7c6c5)cc4n(-c4ccccn4)c3c21. The third-order valence-electron chi connectivity index (χ3n) is 10.2. The zero-order chi connectivity index (χ0) is 32.1. The van der Waals surface area contributed by atoms with Gasteiger partial charge in [-0.2, -0.15) is 0 Å². The van der Waals surface area contributed by atoms with E-state index in [1.54, 1.807) is 0 Å². The van der Waals surface area contributed by atoms with Gasteiger partial charge in [0.1, 0.15) is 11.5 Å². The molecule has 1 unspecified atom stereocenters. The maximum Gasteiger partial charge on any atom is 0.150 e. The first-order valence-electron chi connectivity index (χ1n) is 16.2. The van der Waals surface area contributed by atoms with E-state index in [1.165, 1.54) is 20.9 Å². The van der Waals surface area contributed by atoms with Crippen molar-refractivity contribution in [2.75, 3.05) is 0 Å². The van der Waals surface area contributed by atoms with E-state index in [4.69, 9.17) is 4.98 Å². The molecule has 0 spiro atoms. The van der Waals surface area contributed by atoms with Gasteiger partial charge in [-0.3, -0.25) is 8.97 Å². The van der Waals surface area contributed by atoms with Gasteiger partial charge in [-0.15, -0.1) is 0 Å². The molecule has 0 aliphatic carbocycles. The molecule has 0 fully saturated rings. The number of imidazole rings is 1. The maximum absolute atomic E-state index is 16.9. The van der Waals surface area contributed by atoms with E-state index < -0.39 is 6.17 Å². The topological polar surface area (TPSA) is 35.1 Å². The first-order valence-corrected chi connectivity index (χ1v) is 17.0. The molecule has 9 aromatic rings. The third-order valence-corrected chi connectivity index (χ3v) is 11.3. The van der Waals surface area contributed by atoms with Crippen molar-refractivity contribution in [2.24, 2.45) is 0 Å². The number of rotatable bonds is 3. The average Bonchev–Trinajstić information content (AvgIpc) is 3.75. The fraction of sp³-hybridized carbons (Fsp3) is 0.0952. The fourth-order valence-corrected chi connectivity index (χ4v) is 9.35. The van der Waals surface area contributed by atoms with E-state index in [9.17, 15) is 0 Å². The minimum Gasteiger partial charge on any atom is -0.299 e. The summed E-state index contributed by atoms with van der Waals surface area (Å²) in [6.45, 7) is 4.63. The van der Waals surface area contributed by atoms with Gasteiger partial charge in [0.25, 0.3) is 0 Å². The molecule has 10 rings (SSSR count). The number of hydrogen-bond acceptors (Lipinski definition) is 3. The van der Waals surface area contributed by atoms with Gasteiger partial charge in [0, 0.05) is 60.9 Å². The molecule has 1 aliphatic heterocycles. The van der Waals surface area contributed by atoms with Crippen LogP contribution >= 0.6 is 11.8 Å². The molecule has 1 atom stereocenters. The molecule has 230 valence electrons. The molecular formula is C42H29FN4S. The molecule has 0 radical (unpaired) electrons. The molecule has 0 saturated carbocycles. The molecule has 0 bridgehead atoms. The fourth-order valence-electron chi connectivity index (χ4n) is 7.94. The second kappa shape index (κ2) is 10.0. The van der Waals surface area contributed by atoms with Crippen LogP contribution in [0.2, 0.25) is 0 Å². The highest BCUT2D eigenvalue weighted by molar-refractivity contribution is 7.99. The Balaban J connectivity index is 1.20. The number of nitrogens with zero attached hydrogens (tertiary/aromatic N) is 4. The van der Waals surface area contributed by atoms with Crippen LogP contribution in [0.3, 0.4) is 0 Å². The molecule has 1 aliphatic rings. The van der Waals surface area contributed by atoms with E-state index in [0.717, 1.165) is 54.9 Å². The largest absolute Gasteiger partial charge is 0.299 e. The molecule has 0 amide bonds. The average molecular weight is 641 g/mol. The number of aromatic nitrogens is 4. The molecule has 4 aromatic heterocycles. The van der Waals surface area contributed by atoms with Gasteiger partial charge in [-0.05, 0) is 64.5 Å². The summed E-state index contributed by atoms with van der Waals surface area (Å²) in [6, 6.07) is 39.4. The zero-order valence-corrected chi connectivity index (χ0v) is 27.2. The van der Waals surface area contributed by atoms with Crippen molar-refractivity contribution in [3.05, 3.63) is 156 Å². The number of hydrogen-bond donors (Lipinski definition) is 0. The molecule has 6 heteroatoms. The van der Waals surface area contributed by atoms with Crippen molar-refractivity contribution in [1.82, 2.24) is 18.9 Å². The summed E-state index contributed by atoms with van der Waals surface area (Å²) in [5.74, 6) is 0.817. The zero-order valence-electron chi connectivity index (χ0n) is 26.4. The van der Waals surface area contributed by atoms with Crippen LogP contribution in [0.1, 0.15) is 42.3 Å². The molecule has 48 heavy (non-hydrogen) atoms. The van der Waals surface area contributed by atoms with Crippen LogP contribution in [0, 0.1) is 0 Å². The highest BCUT2D eigenvalue weighted by atomic mass is 32.2. The number of alkyl halides is 1. The Kier molecular flexibility index (Phi) is 5.77. The van der Waals surface area contributed by atoms with E-state index in [-0.39, 0.29) is 5.41 Å². The Morgan fingerprint density at radius 3 is 2.27 bits per heavy atom. The monoisotopic (exact) mass is 640 g/mol. The van der Waals surface area contributed by atoms with Gasteiger partial charge in [0.15, 0.2) is 6.17 Å². The van der Waals surface area contributed by atoms with Crippen molar-refractivity contribution >= 4 is 60.9 Å². The summed E-state index contributed by atoms with van der Waals surface area (Å²) in [4.78, 5) is 12.0. The highest BCUT2D eigenvalue weighted by Crippen LogP contribution is 2.53. The summed E-state index contributed by atoms with van der Waals surface area (Å²) >= 11 is 1.82. The maximum atomic E-state index is 16.9. The van der Waals surface area contributed by atoms with Gasteiger partial charge in [-0.25, -0.2) is 14.4 Å². The summed E-state index contributed by atoms with van der Waals surface area (Å²) in [5.41, 5.74) is 7.53. The van der Waals surface area contributed by atoms with Crippen molar-refractivity contribution in [3.8, 4) is 5.82 Å². The minimum absolute atomic E-state index is 0.253.